The number of likely N-dealkylation sites (N-methyl/N-ethyl adjacent to an activating group) is 1. The molecule has 1 fully saturated rings. The summed E-state index contributed by atoms with van der Waals surface area (Å²) in [4.78, 5) is 13.2. The molecule has 0 aromatic heterocycles. The van der Waals surface area contributed by atoms with E-state index in [1.807, 2.05) is 0 Å². The Bertz CT molecular complexity index is 153. The van der Waals surface area contributed by atoms with Gasteiger partial charge in [-0.25, -0.2) is 4.79 Å². The van der Waals surface area contributed by atoms with E-state index in [0.29, 0.717) is 6.61 Å². The topological polar surface area (TPSA) is 84.2 Å². The van der Waals surface area contributed by atoms with Gasteiger partial charge in [0.05, 0.1) is 6.61 Å². The summed E-state index contributed by atoms with van der Waals surface area (Å²) < 4.78 is 0. The van der Waals surface area contributed by atoms with E-state index in [1.165, 1.54) is 0 Å². The first-order valence-electron chi connectivity index (χ1n) is 4.50. The Hall–Kier alpha value is -0.850. The maximum Gasteiger partial charge on any atom is 0.503 e. The van der Waals surface area contributed by atoms with E-state index in [0.717, 1.165) is 32.7 Å². The Kier molecular flexibility index (Phi) is 7.09. The molecule has 0 bridgehead atoms. The average molecular weight is 206 g/mol. The second-order valence-corrected chi connectivity index (χ2v) is 3.15. The number of nitrogens with zero attached hydrogens (tertiary/aromatic N) is 2. The monoisotopic (exact) mass is 206 g/mol. The van der Waals surface area contributed by atoms with Gasteiger partial charge in [-0.2, -0.15) is 0 Å². The Morgan fingerprint density at radius 3 is 2.00 bits per heavy atom. The van der Waals surface area contributed by atoms with Crippen LogP contribution in [0.1, 0.15) is 0 Å². The van der Waals surface area contributed by atoms with Gasteiger partial charge in [-0.1, -0.05) is 0 Å². The van der Waals surface area contributed by atoms with Gasteiger partial charge in [0.15, 0.2) is 0 Å². The molecule has 14 heavy (non-hydrogen) atoms. The second-order valence-electron chi connectivity index (χ2n) is 3.15. The van der Waals surface area contributed by atoms with Gasteiger partial charge in [0.25, 0.3) is 0 Å². The lowest BCUT2D eigenvalue weighted by Gasteiger charge is -2.31. The third-order valence-electron chi connectivity index (χ3n) is 2.01. The fourth-order valence-corrected chi connectivity index (χ4v) is 1.21. The molecule has 1 rings (SSSR count). The number of carbonyl (C=O) groups is 1. The Morgan fingerprint density at radius 1 is 1.21 bits per heavy atom. The van der Waals surface area contributed by atoms with Crippen LogP contribution < -0.4 is 0 Å². The molecule has 84 valence electrons. The van der Waals surface area contributed by atoms with Crippen molar-refractivity contribution in [2.45, 2.75) is 0 Å². The maximum absolute atomic E-state index is 8.63. The molecule has 1 aliphatic heterocycles. The van der Waals surface area contributed by atoms with Gasteiger partial charge >= 0.3 is 6.16 Å². The van der Waals surface area contributed by atoms with Gasteiger partial charge in [-0.05, 0) is 7.05 Å². The molecule has 3 N–H and O–H groups in total. The summed E-state index contributed by atoms with van der Waals surface area (Å²) in [7, 11) is 2.14. The largest absolute Gasteiger partial charge is 0.503 e. The molecular formula is C8H18N2O4. The first-order valence-corrected chi connectivity index (χ1v) is 4.50. The molecule has 0 aromatic carbocycles. The molecule has 0 amide bonds. The van der Waals surface area contributed by atoms with E-state index in [-0.39, 0.29) is 0 Å². The molecule has 6 heteroatoms. The molecule has 0 unspecified atom stereocenters. The van der Waals surface area contributed by atoms with Crippen molar-refractivity contribution in [1.29, 1.82) is 0 Å². The molecule has 0 saturated carbocycles. The number of aliphatic hydroxyl groups is 1. The first kappa shape index (κ1) is 13.2. The van der Waals surface area contributed by atoms with E-state index < -0.39 is 6.16 Å². The zero-order valence-electron chi connectivity index (χ0n) is 8.39. The van der Waals surface area contributed by atoms with Gasteiger partial charge in [0.2, 0.25) is 0 Å². The van der Waals surface area contributed by atoms with Gasteiger partial charge in [-0.3, -0.25) is 4.90 Å². The van der Waals surface area contributed by atoms with Crippen molar-refractivity contribution in [3.05, 3.63) is 0 Å². The fourth-order valence-electron chi connectivity index (χ4n) is 1.21. The predicted molar refractivity (Wildman–Crippen MR) is 51.7 cm³/mol. The van der Waals surface area contributed by atoms with Crippen molar-refractivity contribution in [3.63, 3.8) is 0 Å². The van der Waals surface area contributed by atoms with E-state index in [9.17, 15) is 0 Å². The van der Waals surface area contributed by atoms with Crippen molar-refractivity contribution in [3.8, 4) is 0 Å². The van der Waals surface area contributed by atoms with Gasteiger partial charge in [-0.15, -0.1) is 0 Å². The molecule has 1 aliphatic rings. The van der Waals surface area contributed by atoms with Crippen LogP contribution in [0.4, 0.5) is 4.79 Å². The van der Waals surface area contributed by atoms with Crippen molar-refractivity contribution in [1.82, 2.24) is 9.80 Å². The van der Waals surface area contributed by atoms with Crippen LogP contribution in [0.15, 0.2) is 0 Å². The summed E-state index contributed by atoms with van der Waals surface area (Å²) in [5.41, 5.74) is 0. The lowest BCUT2D eigenvalue weighted by Crippen LogP contribution is -2.45. The van der Waals surface area contributed by atoms with Crippen molar-refractivity contribution in [2.24, 2.45) is 0 Å². The molecule has 0 atom stereocenters. The highest BCUT2D eigenvalue weighted by Crippen LogP contribution is 1.96. The Balaban J connectivity index is 0.000000364. The van der Waals surface area contributed by atoms with Gasteiger partial charge < -0.3 is 20.2 Å². The smallest absolute Gasteiger partial charge is 0.450 e. The minimum Gasteiger partial charge on any atom is -0.450 e. The first-order chi connectivity index (χ1) is 6.56. The Morgan fingerprint density at radius 2 is 1.64 bits per heavy atom. The summed E-state index contributed by atoms with van der Waals surface area (Å²) in [5.74, 6) is 0. The summed E-state index contributed by atoms with van der Waals surface area (Å²) in [6.07, 6.45) is -1.83. The van der Waals surface area contributed by atoms with Crippen LogP contribution in [0.3, 0.4) is 0 Å². The van der Waals surface area contributed by atoms with Crippen LogP contribution >= 0.6 is 0 Å². The third-order valence-corrected chi connectivity index (χ3v) is 2.01. The maximum atomic E-state index is 8.63. The quantitative estimate of drug-likeness (QED) is 0.562. The number of β-amino-alcohol motifs (C(OH)–C–C–N with tert-alkyl or cyclic N) is 1. The molecule has 0 spiro atoms. The van der Waals surface area contributed by atoms with Crippen LogP contribution in [-0.2, 0) is 0 Å². The highest BCUT2D eigenvalue weighted by Gasteiger charge is 2.11. The zero-order valence-corrected chi connectivity index (χ0v) is 8.39. The zero-order chi connectivity index (χ0) is 11.0. The lowest BCUT2D eigenvalue weighted by molar-refractivity contribution is 0.128. The molecule has 0 aromatic rings. The van der Waals surface area contributed by atoms with Crippen LogP contribution in [0, 0.1) is 0 Å². The molecule has 1 heterocycles. The summed E-state index contributed by atoms with van der Waals surface area (Å²) in [6.45, 7) is 5.63. The number of hydrogen-bond acceptors (Lipinski definition) is 4. The third kappa shape index (κ3) is 7.78. The minimum atomic E-state index is -1.83. The lowest BCUT2D eigenvalue weighted by atomic mass is 10.3. The summed E-state index contributed by atoms with van der Waals surface area (Å²) >= 11 is 0. The van der Waals surface area contributed by atoms with Crippen molar-refractivity contribution >= 4 is 6.16 Å². The minimum absolute atomic E-state index is 0.295. The molecule has 0 aliphatic carbocycles. The standard InChI is InChI=1S/C7H16N2O.CH2O3/c1-8-2-4-9(5-3-8)6-7-10;2-1(3)4/h10H,2-7H2,1H3;(H2,2,3,4). The van der Waals surface area contributed by atoms with Crippen LogP contribution in [0.2, 0.25) is 0 Å². The van der Waals surface area contributed by atoms with Crippen LogP contribution in [0.5, 0.6) is 0 Å². The molecular weight excluding hydrogens is 188 g/mol. The number of aliphatic hydroxyl groups excluding tert-OH is 1. The van der Waals surface area contributed by atoms with E-state index in [2.05, 4.69) is 16.8 Å². The highest BCUT2D eigenvalue weighted by atomic mass is 16.6. The Labute approximate surface area is 83.4 Å². The molecule has 6 nitrogen and oxygen atoms in total. The van der Waals surface area contributed by atoms with E-state index in [4.69, 9.17) is 20.1 Å². The molecule has 1 saturated heterocycles. The second kappa shape index (κ2) is 7.54. The fraction of sp³-hybridized carbons (Fsp3) is 0.875. The number of carboxylic acid groups (broad SMARTS) is 2. The van der Waals surface area contributed by atoms with Gasteiger partial charge in [0, 0.05) is 32.7 Å². The van der Waals surface area contributed by atoms with Crippen LogP contribution in [-0.4, -0.2) is 77.7 Å². The van der Waals surface area contributed by atoms with E-state index >= 15 is 0 Å². The van der Waals surface area contributed by atoms with Crippen molar-refractivity contribution < 1.29 is 20.1 Å². The van der Waals surface area contributed by atoms with Crippen molar-refractivity contribution in [2.75, 3.05) is 46.4 Å². The number of hydrogen-bond donors (Lipinski definition) is 3. The average Bonchev–Trinajstić information content (AvgIpc) is 2.08. The normalized spacial score (nSPS) is 18.4. The molecule has 0 radical (unpaired) electrons. The van der Waals surface area contributed by atoms with E-state index in [1.54, 1.807) is 0 Å². The predicted octanol–water partition coefficient (Wildman–Crippen LogP) is -0.551. The SMILES string of the molecule is CN1CCN(CCO)CC1.O=C(O)O. The van der Waals surface area contributed by atoms with Crippen LogP contribution in [0.25, 0.3) is 0 Å². The highest BCUT2D eigenvalue weighted by molar-refractivity contribution is 5.53. The summed E-state index contributed by atoms with van der Waals surface area (Å²) in [5, 5.41) is 22.6. The summed E-state index contributed by atoms with van der Waals surface area (Å²) in [6, 6.07) is 0. The number of piperazine rings is 1. The number of rotatable bonds is 2. The van der Waals surface area contributed by atoms with Gasteiger partial charge in [0.1, 0.15) is 0 Å².